The number of aromatic nitrogens is 2. The Hall–Kier alpha value is -3.01. The standard InChI is InChI=1S/C25H30F6N4O5S/c1-41(38,39)14-19(36)32-21-20-18(34-35(21)10-2-7-24(26,27)28)13-23(33-22(20)37)9-6-15-12-16(4-5-17(15)23)40-11-3-8-25(29,30)31/h4-5,12,19,32,36H,2-3,6-11,13-14H2,1H3,(H,33,37)/t19?,23-/m0/s1. The maximum absolute atomic E-state index is 13.4. The number of aliphatic hydroxyl groups is 1. The second-order valence-electron chi connectivity index (χ2n) is 10.5. The maximum atomic E-state index is 13.4. The van der Waals surface area contributed by atoms with Crippen molar-refractivity contribution in [3.63, 3.8) is 0 Å². The zero-order valence-corrected chi connectivity index (χ0v) is 22.8. The van der Waals surface area contributed by atoms with Crippen LogP contribution in [-0.4, -0.2) is 66.4 Å². The molecule has 4 rings (SSSR count). The van der Waals surface area contributed by atoms with E-state index < -0.39 is 58.5 Å². The van der Waals surface area contributed by atoms with Gasteiger partial charge in [0.25, 0.3) is 5.91 Å². The Balaban J connectivity index is 1.57. The third kappa shape index (κ3) is 7.84. The molecule has 9 nitrogen and oxygen atoms in total. The minimum absolute atomic E-state index is 0.00764. The highest BCUT2D eigenvalue weighted by molar-refractivity contribution is 7.90. The number of hydrogen-bond acceptors (Lipinski definition) is 7. The van der Waals surface area contributed by atoms with Gasteiger partial charge in [-0.3, -0.25) is 4.79 Å². The molecule has 0 saturated carbocycles. The van der Waals surface area contributed by atoms with Gasteiger partial charge in [0.1, 0.15) is 23.4 Å². The van der Waals surface area contributed by atoms with E-state index in [1.807, 2.05) is 0 Å². The van der Waals surface area contributed by atoms with E-state index in [1.54, 1.807) is 18.2 Å². The van der Waals surface area contributed by atoms with E-state index in [9.17, 15) is 44.7 Å². The molecular weight excluding hydrogens is 582 g/mol. The summed E-state index contributed by atoms with van der Waals surface area (Å²) in [6.45, 7) is -0.359. The summed E-state index contributed by atoms with van der Waals surface area (Å²) < 4.78 is 105. The summed E-state index contributed by atoms with van der Waals surface area (Å²) in [7, 11) is -3.63. The first-order valence-electron chi connectivity index (χ1n) is 12.9. The average molecular weight is 613 g/mol. The number of aliphatic hydroxyl groups excluding tert-OH is 1. The molecule has 1 spiro atoms. The Kier molecular flexibility index (Phi) is 8.56. The van der Waals surface area contributed by atoms with Gasteiger partial charge in [-0.05, 0) is 48.9 Å². The second kappa shape index (κ2) is 11.3. The highest BCUT2D eigenvalue weighted by Crippen LogP contribution is 2.44. The van der Waals surface area contributed by atoms with Crippen molar-refractivity contribution in [3.8, 4) is 5.75 Å². The Labute approximate surface area is 232 Å². The molecule has 2 aliphatic rings. The molecule has 1 amide bonds. The number of hydrogen-bond donors (Lipinski definition) is 3. The van der Waals surface area contributed by atoms with Gasteiger partial charge in [0, 0.05) is 32.1 Å². The molecule has 0 radical (unpaired) electrons. The summed E-state index contributed by atoms with van der Waals surface area (Å²) in [6.07, 6.45) is -10.9. The summed E-state index contributed by atoms with van der Waals surface area (Å²) in [5.41, 5.74) is 0.983. The fourth-order valence-electron chi connectivity index (χ4n) is 5.30. The monoisotopic (exact) mass is 612 g/mol. The highest BCUT2D eigenvalue weighted by Gasteiger charge is 2.46. The van der Waals surface area contributed by atoms with Crippen LogP contribution in [0.1, 0.15) is 59.3 Å². The highest BCUT2D eigenvalue weighted by atomic mass is 32.2. The van der Waals surface area contributed by atoms with Crippen LogP contribution >= 0.6 is 0 Å². The number of sulfone groups is 1. The van der Waals surface area contributed by atoms with Gasteiger partial charge in [0.05, 0.1) is 23.6 Å². The summed E-state index contributed by atoms with van der Waals surface area (Å²) in [5, 5.41) is 20.2. The molecule has 0 saturated heterocycles. The lowest BCUT2D eigenvalue weighted by Crippen LogP contribution is -2.50. The number of halogens is 6. The first-order valence-corrected chi connectivity index (χ1v) is 14.9. The minimum Gasteiger partial charge on any atom is -0.494 e. The molecule has 1 aliphatic carbocycles. The van der Waals surface area contributed by atoms with Crippen molar-refractivity contribution < 1.29 is 49.4 Å². The number of carbonyl (C=O) groups excluding carboxylic acids is 1. The normalized spacial score (nSPS) is 19.6. The maximum Gasteiger partial charge on any atom is 0.389 e. The predicted octanol–water partition coefficient (Wildman–Crippen LogP) is 3.85. The van der Waals surface area contributed by atoms with Gasteiger partial charge >= 0.3 is 12.4 Å². The summed E-state index contributed by atoms with van der Waals surface area (Å²) >= 11 is 0. The van der Waals surface area contributed by atoms with Crippen molar-refractivity contribution in [1.29, 1.82) is 0 Å². The fourth-order valence-corrected chi connectivity index (χ4v) is 5.96. The van der Waals surface area contributed by atoms with Crippen molar-refractivity contribution >= 4 is 21.6 Å². The lowest BCUT2D eigenvalue weighted by molar-refractivity contribution is -0.137. The number of ether oxygens (including phenoxy) is 1. The van der Waals surface area contributed by atoms with Crippen LogP contribution in [-0.2, 0) is 34.8 Å². The molecule has 2 atom stereocenters. The van der Waals surface area contributed by atoms with E-state index in [0.717, 1.165) is 22.1 Å². The van der Waals surface area contributed by atoms with Crippen molar-refractivity contribution in [2.45, 2.75) is 75.6 Å². The van der Waals surface area contributed by atoms with Crippen molar-refractivity contribution in [1.82, 2.24) is 15.1 Å². The van der Waals surface area contributed by atoms with E-state index in [-0.39, 0.29) is 49.5 Å². The van der Waals surface area contributed by atoms with Crippen LogP contribution in [0, 0.1) is 0 Å². The van der Waals surface area contributed by atoms with E-state index in [0.29, 0.717) is 18.6 Å². The first-order chi connectivity index (χ1) is 18.9. The number of benzene rings is 1. The number of amides is 1. The molecule has 2 heterocycles. The number of nitrogens with zero attached hydrogens (tertiary/aromatic N) is 2. The third-order valence-corrected chi connectivity index (χ3v) is 7.88. The van der Waals surface area contributed by atoms with Crippen LogP contribution in [0.2, 0.25) is 0 Å². The van der Waals surface area contributed by atoms with Crippen LogP contribution in [0.15, 0.2) is 18.2 Å². The topological polar surface area (TPSA) is 123 Å². The summed E-state index contributed by atoms with van der Waals surface area (Å²) in [4.78, 5) is 13.4. The van der Waals surface area contributed by atoms with Gasteiger partial charge in [-0.25, -0.2) is 13.1 Å². The molecule has 1 unspecified atom stereocenters. The van der Waals surface area contributed by atoms with Crippen molar-refractivity contribution in [3.05, 3.63) is 40.6 Å². The van der Waals surface area contributed by atoms with Crippen LogP contribution in [0.3, 0.4) is 0 Å². The molecule has 1 aromatic carbocycles. The molecule has 0 fully saturated rings. The van der Waals surface area contributed by atoms with Crippen LogP contribution in [0.4, 0.5) is 32.2 Å². The molecule has 2 aromatic rings. The molecule has 1 aromatic heterocycles. The molecule has 228 valence electrons. The zero-order chi connectivity index (χ0) is 30.2. The molecule has 41 heavy (non-hydrogen) atoms. The SMILES string of the molecule is CS(=O)(=O)CC(O)Nc1c2c(nn1CCCC(F)(F)F)C[C@]1(CCc3cc(OCCCC(F)(F)F)ccc31)NC2=O. The van der Waals surface area contributed by atoms with Gasteiger partial charge in [-0.2, -0.15) is 31.4 Å². The Bertz CT molecular complexity index is 1390. The zero-order valence-electron chi connectivity index (χ0n) is 22.0. The lowest BCUT2D eigenvalue weighted by atomic mass is 9.82. The van der Waals surface area contributed by atoms with E-state index >= 15 is 0 Å². The number of anilines is 1. The molecule has 0 bridgehead atoms. The van der Waals surface area contributed by atoms with E-state index in [2.05, 4.69) is 15.7 Å². The number of carbonyl (C=O) groups is 1. The van der Waals surface area contributed by atoms with Gasteiger partial charge in [-0.1, -0.05) is 6.07 Å². The van der Waals surface area contributed by atoms with Crippen molar-refractivity contribution in [2.75, 3.05) is 23.9 Å². The summed E-state index contributed by atoms with van der Waals surface area (Å²) in [5.74, 6) is -0.977. The molecule has 3 N–H and O–H groups in total. The quantitative estimate of drug-likeness (QED) is 0.200. The largest absolute Gasteiger partial charge is 0.494 e. The average Bonchev–Trinajstić information content (AvgIpc) is 3.32. The van der Waals surface area contributed by atoms with Gasteiger partial charge in [0.2, 0.25) is 0 Å². The number of alkyl halides is 6. The second-order valence-corrected chi connectivity index (χ2v) is 12.6. The van der Waals surface area contributed by atoms with Gasteiger partial charge in [-0.15, -0.1) is 0 Å². The van der Waals surface area contributed by atoms with Crippen molar-refractivity contribution in [2.24, 2.45) is 0 Å². The molecule has 1 aliphatic heterocycles. The fraction of sp³-hybridized carbons (Fsp3) is 0.600. The number of rotatable bonds is 11. The first kappa shape index (κ1) is 30.9. The van der Waals surface area contributed by atoms with Gasteiger partial charge < -0.3 is 20.5 Å². The Morgan fingerprint density at radius 2 is 1.85 bits per heavy atom. The number of nitrogens with one attached hydrogen (secondary N) is 2. The minimum atomic E-state index is -4.41. The van der Waals surface area contributed by atoms with E-state index in [1.165, 1.54) is 0 Å². The van der Waals surface area contributed by atoms with Gasteiger partial charge in [0.15, 0.2) is 9.84 Å². The Morgan fingerprint density at radius 3 is 2.51 bits per heavy atom. The predicted molar refractivity (Wildman–Crippen MR) is 135 cm³/mol. The lowest BCUT2D eigenvalue weighted by Gasteiger charge is -2.35. The summed E-state index contributed by atoms with van der Waals surface area (Å²) in [6, 6.07) is 5.04. The van der Waals surface area contributed by atoms with Crippen LogP contribution < -0.4 is 15.4 Å². The molecular formula is C25H30F6N4O5S. The number of aryl methyl sites for hydroxylation is 2. The molecule has 16 heteroatoms. The van der Waals surface area contributed by atoms with Crippen LogP contribution in [0.25, 0.3) is 0 Å². The Morgan fingerprint density at radius 1 is 1.17 bits per heavy atom. The van der Waals surface area contributed by atoms with E-state index in [4.69, 9.17) is 4.74 Å². The smallest absolute Gasteiger partial charge is 0.389 e. The number of fused-ring (bicyclic) bond motifs is 3. The third-order valence-electron chi connectivity index (χ3n) is 6.95. The van der Waals surface area contributed by atoms with Crippen LogP contribution in [0.5, 0.6) is 5.75 Å².